The van der Waals surface area contributed by atoms with Crippen molar-refractivity contribution in [1.82, 2.24) is 15.0 Å². The number of carbonyl (C=O) groups excluding carboxylic acids is 5. The third kappa shape index (κ3) is 6.76. The highest BCUT2D eigenvalue weighted by Gasteiger charge is 2.58. The number of benzene rings is 4. The van der Waals surface area contributed by atoms with Gasteiger partial charge in [-0.25, -0.2) is 5.01 Å². The van der Waals surface area contributed by atoms with Crippen LogP contribution in [-0.4, -0.2) is 84.5 Å². The predicted octanol–water partition coefficient (Wildman–Crippen LogP) is 6.38. The van der Waals surface area contributed by atoms with E-state index in [0.717, 1.165) is 25.7 Å². The van der Waals surface area contributed by atoms with Gasteiger partial charge in [-0.15, -0.1) is 5.10 Å². The summed E-state index contributed by atoms with van der Waals surface area (Å²) in [5.41, 5.74) is 0.931. The first-order valence-electron chi connectivity index (χ1n) is 19.9. The van der Waals surface area contributed by atoms with Gasteiger partial charge in [0.1, 0.15) is 17.5 Å². The van der Waals surface area contributed by atoms with Crippen molar-refractivity contribution in [3.63, 3.8) is 0 Å². The average molecular weight is 857 g/mol. The van der Waals surface area contributed by atoms with Crippen molar-refractivity contribution < 1.29 is 24.0 Å². The van der Waals surface area contributed by atoms with E-state index in [4.69, 9.17) is 29.5 Å². The fraction of sp³-hybridized carbons (Fsp3) is 0.273. The van der Waals surface area contributed by atoms with Crippen LogP contribution < -0.4 is 19.6 Å². The first-order chi connectivity index (χ1) is 29.2. The van der Waals surface area contributed by atoms with Crippen molar-refractivity contribution in [3.05, 3.63) is 121 Å². The number of rotatable bonds is 8. The minimum Gasteiger partial charge on any atom is -0.273 e. The maximum absolute atomic E-state index is 14.9. The number of nitrogens with zero attached hydrogens (tertiary/aromatic N) is 8. The molecule has 4 aromatic rings. The van der Waals surface area contributed by atoms with Gasteiger partial charge in [0.15, 0.2) is 10.2 Å². The Kier molecular flexibility index (Phi) is 10.8. The molecule has 1 aliphatic carbocycles. The second-order valence-corrected chi connectivity index (χ2v) is 16.8. The zero-order valence-electron chi connectivity index (χ0n) is 32.4. The molecule has 13 nitrogen and oxygen atoms in total. The van der Waals surface area contributed by atoms with Crippen LogP contribution in [0.5, 0.6) is 0 Å². The molecule has 9 rings (SSSR count). The monoisotopic (exact) mass is 856 g/mol. The van der Waals surface area contributed by atoms with Gasteiger partial charge in [-0.3, -0.25) is 48.6 Å². The van der Waals surface area contributed by atoms with Gasteiger partial charge in [0.05, 0.1) is 35.0 Å². The van der Waals surface area contributed by atoms with Crippen LogP contribution in [0.25, 0.3) is 0 Å². The van der Waals surface area contributed by atoms with E-state index in [-0.39, 0.29) is 35.0 Å². The van der Waals surface area contributed by atoms with Crippen LogP contribution >= 0.6 is 36.2 Å². The summed E-state index contributed by atoms with van der Waals surface area (Å²) in [6.07, 6.45) is 4.24. The maximum Gasteiger partial charge on any atom is 0.253 e. The Balaban J connectivity index is 1.15. The van der Waals surface area contributed by atoms with E-state index < -0.39 is 41.1 Å². The number of thioether (sulfide) groups is 1. The van der Waals surface area contributed by atoms with E-state index >= 15 is 0 Å². The molecule has 0 unspecified atom stereocenters. The number of para-hydroxylation sites is 4. The zero-order valence-corrected chi connectivity index (χ0v) is 34.9. The van der Waals surface area contributed by atoms with Crippen LogP contribution in [0.2, 0.25) is 0 Å². The summed E-state index contributed by atoms with van der Waals surface area (Å²) < 4.78 is 0. The summed E-state index contributed by atoms with van der Waals surface area (Å²) in [6, 6.07) is 35.9. The predicted molar refractivity (Wildman–Crippen MR) is 238 cm³/mol. The van der Waals surface area contributed by atoms with Gasteiger partial charge in [0.25, 0.3) is 5.91 Å². The molecule has 5 aliphatic rings. The minimum atomic E-state index is -1.31. The molecule has 5 amide bonds. The maximum atomic E-state index is 14.9. The van der Waals surface area contributed by atoms with Crippen LogP contribution in [-0.2, 0) is 24.0 Å². The first kappa shape index (κ1) is 39.6. The molecule has 0 N–H and O–H groups in total. The minimum absolute atomic E-state index is 0.0244. The molecule has 0 aromatic heterocycles. The second kappa shape index (κ2) is 16.3. The molecule has 1 saturated carbocycles. The molecule has 3 saturated heterocycles. The Bertz CT molecular complexity index is 2280. The van der Waals surface area contributed by atoms with Gasteiger partial charge in [0.2, 0.25) is 28.8 Å². The van der Waals surface area contributed by atoms with E-state index in [1.165, 1.54) is 36.4 Å². The topological polar surface area (TPSA) is 120 Å². The lowest BCUT2D eigenvalue weighted by Crippen LogP contribution is -2.73. The van der Waals surface area contributed by atoms with Crippen LogP contribution in [0.1, 0.15) is 38.5 Å². The summed E-state index contributed by atoms with van der Waals surface area (Å²) >= 11 is 13.0. The lowest BCUT2D eigenvalue weighted by Gasteiger charge is -2.56. The van der Waals surface area contributed by atoms with Gasteiger partial charge in [-0.05, 0) is 98.6 Å². The Morgan fingerprint density at radius 1 is 0.533 bits per heavy atom. The molecule has 0 radical (unpaired) electrons. The quantitative estimate of drug-likeness (QED) is 0.146. The normalized spacial score (nSPS) is 20.7. The van der Waals surface area contributed by atoms with E-state index in [9.17, 15) is 24.0 Å². The SMILES string of the molecule is O=C1C(CN2N=C3SCC(=O)N3N(CC3C(=O)N(c4ccccc4)C(=S)N(c4ccccc4)C3=O)C23CCCCCC3)C(=O)N(c2ccccc2)C(=S)N1c1ccccc1. The number of amides is 5. The highest BCUT2D eigenvalue weighted by molar-refractivity contribution is 8.15. The molecular formula is C44H40N8O5S3. The van der Waals surface area contributed by atoms with Crippen molar-refractivity contribution in [2.24, 2.45) is 16.9 Å². The van der Waals surface area contributed by atoms with Gasteiger partial charge in [-0.1, -0.05) is 97.4 Å². The number of thiocarbonyl (C=S) groups is 2. The second-order valence-electron chi connectivity index (χ2n) is 15.1. The molecular weight excluding hydrogens is 817 g/mol. The van der Waals surface area contributed by atoms with E-state index in [0.29, 0.717) is 40.8 Å². The largest absolute Gasteiger partial charge is 0.273 e. The van der Waals surface area contributed by atoms with Crippen LogP contribution in [0.4, 0.5) is 22.7 Å². The molecule has 4 aliphatic heterocycles. The Morgan fingerprint density at radius 2 is 0.900 bits per heavy atom. The third-order valence-corrected chi connectivity index (χ3v) is 13.3. The molecule has 0 bridgehead atoms. The van der Waals surface area contributed by atoms with Gasteiger partial charge < -0.3 is 0 Å². The molecule has 4 aromatic carbocycles. The lowest BCUT2D eigenvalue weighted by molar-refractivity contribution is -0.189. The van der Waals surface area contributed by atoms with Gasteiger partial charge >= 0.3 is 0 Å². The van der Waals surface area contributed by atoms with Crippen LogP contribution in [0, 0.1) is 11.8 Å². The van der Waals surface area contributed by atoms with E-state index in [1.807, 2.05) is 29.3 Å². The molecule has 60 heavy (non-hydrogen) atoms. The zero-order chi connectivity index (χ0) is 41.5. The standard InChI is InChI=1S/C44H40N8O5S3/c53-36-29-60-41-45-46(27-34-37(54)48(30-17-7-3-8-18-30)42(58)49(38(34)55)31-19-9-4-10-20-31)44(25-15-1-2-16-26-44)47(52(36)41)28-35-39(56)50(32-21-11-5-12-22-32)43(59)51(40(35)57)33-23-13-6-14-24-33/h3-14,17-24,34-35H,1-2,15-16,25-29H2. The van der Waals surface area contributed by atoms with Crippen molar-refractivity contribution in [1.29, 1.82) is 0 Å². The smallest absolute Gasteiger partial charge is 0.253 e. The molecule has 0 atom stereocenters. The first-order valence-corrected chi connectivity index (χ1v) is 21.7. The summed E-state index contributed by atoms with van der Waals surface area (Å²) in [4.78, 5) is 78.9. The van der Waals surface area contributed by atoms with E-state index in [2.05, 4.69) is 0 Å². The Hall–Kier alpha value is -5.81. The number of hydrazone groups is 1. The number of amidine groups is 1. The fourth-order valence-electron chi connectivity index (χ4n) is 8.78. The number of fused-ring (bicyclic) bond motifs is 1. The number of hydrogen-bond donors (Lipinski definition) is 0. The Labute approximate surface area is 362 Å². The van der Waals surface area contributed by atoms with Crippen molar-refractivity contribution in [2.45, 2.75) is 44.2 Å². The summed E-state index contributed by atoms with van der Waals surface area (Å²) in [5.74, 6) is -4.78. The van der Waals surface area contributed by atoms with Crippen LogP contribution in [0.15, 0.2) is 126 Å². The summed E-state index contributed by atoms with van der Waals surface area (Å²) in [5, 5.41) is 10.7. The fourth-order valence-corrected chi connectivity index (χ4v) is 10.4. The van der Waals surface area contributed by atoms with Gasteiger partial charge in [0, 0.05) is 6.54 Å². The number of hydrazine groups is 1. The van der Waals surface area contributed by atoms with Gasteiger partial charge in [-0.2, -0.15) is 5.01 Å². The number of carbonyl (C=O) groups is 5. The van der Waals surface area contributed by atoms with E-state index in [1.54, 1.807) is 102 Å². The lowest BCUT2D eigenvalue weighted by atomic mass is 9.93. The molecule has 304 valence electrons. The highest BCUT2D eigenvalue weighted by Crippen LogP contribution is 2.45. The third-order valence-electron chi connectivity index (χ3n) is 11.7. The summed E-state index contributed by atoms with van der Waals surface area (Å²) in [6.45, 7) is -0.351. The number of hydrogen-bond acceptors (Lipinski definition) is 11. The molecule has 4 fully saturated rings. The van der Waals surface area contributed by atoms with Crippen molar-refractivity contribution in [3.8, 4) is 0 Å². The molecule has 16 heteroatoms. The van der Waals surface area contributed by atoms with Crippen molar-refractivity contribution in [2.75, 3.05) is 38.4 Å². The number of anilines is 4. The Morgan fingerprint density at radius 3 is 1.28 bits per heavy atom. The molecule has 1 spiro atoms. The highest BCUT2D eigenvalue weighted by atomic mass is 32.2. The average Bonchev–Trinajstić information content (AvgIpc) is 3.45. The summed E-state index contributed by atoms with van der Waals surface area (Å²) in [7, 11) is 0. The van der Waals surface area contributed by atoms with Crippen molar-refractivity contribution >= 4 is 104 Å². The van der Waals surface area contributed by atoms with Crippen LogP contribution in [0.3, 0.4) is 0 Å². The molecule has 4 heterocycles.